The van der Waals surface area contributed by atoms with Crippen molar-refractivity contribution in [2.75, 3.05) is 6.61 Å². The van der Waals surface area contributed by atoms with E-state index in [2.05, 4.69) is 15.9 Å². The number of aliphatic carboxylic acids is 1. The number of hydrogen-bond acceptors (Lipinski definition) is 6. The number of halogens is 3. The van der Waals surface area contributed by atoms with E-state index in [-0.39, 0.29) is 10.9 Å². The molecule has 11 heteroatoms. The minimum atomic E-state index is -1.23. The number of carboxylic acids is 1. The van der Waals surface area contributed by atoms with Gasteiger partial charge in [-0.25, -0.2) is 4.79 Å². The third-order valence-corrected chi connectivity index (χ3v) is 7.95. The number of rotatable bonds is 9. The predicted octanol–water partition coefficient (Wildman–Crippen LogP) is 7.76. The zero-order valence-corrected chi connectivity index (χ0v) is 24.6. The Bertz CT molecular complexity index is 1430. The highest BCUT2D eigenvalue weighted by Gasteiger charge is 2.41. The Hall–Kier alpha value is -2.56. The van der Waals surface area contributed by atoms with Gasteiger partial charge in [0.1, 0.15) is 10.9 Å². The van der Waals surface area contributed by atoms with Gasteiger partial charge in [-0.3, -0.25) is 9.69 Å². The number of amides is 1. The minimum Gasteiger partial charge on any atom is -0.490 e. The SMILES string of the molecule is CCOc1cc(/C=C2\SC(=S)N(C(C(=O)O)c3ccccc3)C2=O)cc(Br)c1OCc1ccc(Cl)cc1Cl. The number of nitrogens with zero attached hydrogens (tertiary/aromatic N) is 1. The lowest BCUT2D eigenvalue weighted by atomic mass is 10.1. The molecule has 0 radical (unpaired) electrons. The minimum absolute atomic E-state index is 0.168. The van der Waals surface area contributed by atoms with Crippen LogP contribution in [0.2, 0.25) is 10.0 Å². The fraction of sp³-hybridized carbons (Fsp3) is 0.148. The molecule has 0 bridgehead atoms. The smallest absolute Gasteiger partial charge is 0.331 e. The van der Waals surface area contributed by atoms with Crippen molar-refractivity contribution < 1.29 is 24.2 Å². The van der Waals surface area contributed by atoms with Gasteiger partial charge in [-0.1, -0.05) is 83.6 Å². The average molecular weight is 653 g/mol. The van der Waals surface area contributed by atoms with Crippen LogP contribution < -0.4 is 9.47 Å². The summed E-state index contributed by atoms with van der Waals surface area (Å²) in [6.07, 6.45) is 1.65. The molecule has 1 amide bonds. The summed E-state index contributed by atoms with van der Waals surface area (Å²) in [6.45, 7) is 2.41. The van der Waals surface area contributed by atoms with Crippen molar-refractivity contribution in [2.24, 2.45) is 0 Å². The van der Waals surface area contributed by atoms with Gasteiger partial charge in [0.25, 0.3) is 5.91 Å². The second kappa shape index (κ2) is 12.5. The second-order valence-corrected chi connectivity index (χ2v) is 11.4. The number of thiocarbonyl (C=S) groups is 1. The molecule has 1 heterocycles. The first-order valence-electron chi connectivity index (χ1n) is 11.3. The largest absolute Gasteiger partial charge is 0.490 e. The van der Waals surface area contributed by atoms with Crippen molar-refractivity contribution in [3.05, 3.63) is 96.8 Å². The Morgan fingerprint density at radius 1 is 1.16 bits per heavy atom. The molecule has 0 spiro atoms. The molecule has 6 nitrogen and oxygen atoms in total. The van der Waals surface area contributed by atoms with Crippen LogP contribution in [0.1, 0.15) is 29.7 Å². The maximum absolute atomic E-state index is 13.3. The average Bonchev–Trinajstić information content (AvgIpc) is 3.13. The Labute approximate surface area is 247 Å². The van der Waals surface area contributed by atoms with Gasteiger partial charge in [-0.2, -0.15) is 0 Å². The number of carboxylic acid groups (broad SMARTS) is 1. The monoisotopic (exact) mass is 651 g/mol. The maximum atomic E-state index is 13.3. The quantitative estimate of drug-likeness (QED) is 0.187. The van der Waals surface area contributed by atoms with Gasteiger partial charge in [0.15, 0.2) is 17.5 Å². The molecule has 1 unspecified atom stereocenters. The number of carbonyl (C=O) groups excluding carboxylic acids is 1. The lowest BCUT2D eigenvalue weighted by Gasteiger charge is -2.23. The van der Waals surface area contributed by atoms with E-state index in [4.69, 9.17) is 44.9 Å². The Balaban J connectivity index is 1.62. The van der Waals surface area contributed by atoms with Crippen LogP contribution in [0, 0.1) is 0 Å². The first-order valence-corrected chi connectivity index (χ1v) is 14.0. The van der Waals surface area contributed by atoms with E-state index in [0.717, 1.165) is 22.2 Å². The lowest BCUT2D eigenvalue weighted by molar-refractivity contribution is -0.145. The topological polar surface area (TPSA) is 76.1 Å². The van der Waals surface area contributed by atoms with E-state index >= 15 is 0 Å². The Morgan fingerprint density at radius 3 is 2.55 bits per heavy atom. The Kier molecular flexibility index (Phi) is 9.38. The van der Waals surface area contributed by atoms with Gasteiger partial charge in [-0.05, 0) is 64.3 Å². The molecule has 4 rings (SSSR count). The molecule has 196 valence electrons. The van der Waals surface area contributed by atoms with Crippen LogP contribution >= 0.6 is 63.1 Å². The zero-order chi connectivity index (χ0) is 27.4. The molecule has 1 aliphatic rings. The summed E-state index contributed by atoms with van der Waals surface area (Å²) in [4.78, 5) is 26.9. The van der Waals surface area contributed by atoms with Gasteiger partial charge in [0, 0.05) is 15.6 Å². The van der Waals surface area contributed by atoms with E-state index in [1.165, 1.54) is 0 Å². The van der Waals surface area contributed by atoms with E-state index in [0.29, 0.717) is 48.7 Å². The highest BCUT2D eigenvalue weighted by molar-refractivity contribution is 9.10. The van der Waals surface area contributed by atoms with Crippen molar-refractivity contribution in [1.29, 1.82) is 0 Å². The highest BCUT2D eigenvalue weighted by Crippen LogP contribution is 2.41. The normalized spacial score (nSPS) is 15.2. The molecule has 0 aliphatic carbocycles. The summed E-state index contributed by atoms with van der Waals surface area (Å²) in [5.41, 5.74) is 1.86. The number of benzene rings is 3. The number of carbonyl (C=O) groups is 2. The summed E-state index contributed by atoms with van der Waals surface area (Å²) < 4.78 is 12.6. The second-order valence-electron chi connectivity index (χ2n) is 7.99. The molecular weight excluding hydrogens is 633 g/mol. The number of ether oxygens (including phenoxy) is 2. The highest BCUT2D eigenvalue weighted by atomic mass is 79.9. The van der Waals surface area contributed by atoms with Crippen LogP contribution in [0.25, 0.3) is 6.08 Å². The van der Waals surface area contributed by atoms with E-state index in [1.54, 1.807) is 66.7 Å². The number of hydrogen-bond donors (Lipinski definition) is 1. The molecule has 1 fully saturated rings. The van der Waals surface area contributed by atoms with Crippen molar-refractivity contribution in [3.8, 4) is 11.5 Å². The molecule has 1 saturated heterocycles. The first kappa shape index (κ1) is 28.4. The lowest BCUT2D eigenvalue weighted by Crippen LogP contribution is -2.37. The van der Waals surface area contributed by atoms with E-state index in [1.807, 2.05) is 6.92 Å². The Morgan fingerprint density at radius 2 is 1.89 bits per heavy atom. The molecule has 3 aromatic rings. The van der Waals surface area contributed by atoms with Gasteiger partial charge in [0.2, 0.25) is 0 Å². The summed E-state index contributed by atoms with van der Waals surface area (Å²) in [5, 5.41) is 10.9. The summed E-state index contributed by atoms with van der Waals surface area (Å²) in [7, 11) is 0. The first-order chi connectivity index (χ1) is 18.2. The van der Waals surface area contributed by atoms with Crippen LogP contribution in [0.5, 0.6) is 11.5 Å². The van der Waals surface area contributed by atoms with Crippen LogP contribution in [-0.2, 0) is 16.2 Å². The maximum Gasteiger partial charge on any atom is 0.331 e. The molecule has 1 aliphatic heterocycles. The van der Waals surface area contributed by atoms with Crippen LogP contribution in [-0.4, -0.2) is 32.8 Å². The summed E-state index contributed by atoms with van der Waals surface area (Å²) in [6, 6.07) is 16.0. The fourth-order valence-corrected chi connectivity index (χ4v) is 6.10. The molecule has 3 aromatic carbocycles. The summed E-state index contributed by atoms with van der Waals surface area (Å²) >= 11 is 22.3. The molecular formula is C27H20BrCl2NO5S2. The molecule has 1 atom stereocenters. The molecule has 1 N–H and O–H groups in total. The van der Waals surface area contributed by atoms with Gasteiger partial charge in [0.05, 0.1) is 16.0 Å². The number of thioether (sulfide) groups is 1. The van der Waals surface area contributed by atoms with Crippen LogP contribution in [0.4, 0.5) is 0 Å². The van der Waals surface area contributed by atoms with Crippen LogP contribution in [0.3, 0.4) is 0 Å². The van der Waals surface area contributed by atoms with Crippen molar-refractivity contribution in [3.63, 3.8) is 0 Å². The molecule has 38 heavy (non-hydrogen) atoms. The fourth-order valence-electron chi connectivity index (χ4n) is 3.75. The third kappa shape index (κ3) is 6.35. The zero-order valence-electron chi connectivity index (χ0n) is 19.8. The third-order valence-electron chi connectivity index (χ3n) is 5.45. The van der Waals surface area contributed by atoms with E-state index in [9.17, 15) is 14.7 Å². The van der Waals surface area contributed by atoms with Crippen molar-refractivity contribution >= 4 is 85.4 Å². The van der Waals surface area contributed by atoms with Gasteiger partial charge in [-0.15, -0.1) is 0 Å². The molecule has 0 aromatic heterocycles. The van der Waals surface area contributed by atoms with E-state index < -0.39 is 17.9 Å². The predicted molar refractivity (Wildman–Crippen MR) is 158 cm³/mol. The molecule has 0 saturated carbocycles. The van der Waals surface area contributed by atoms with Crippen LogP contribution in [0.15, 0.2) is 70.0 Å². The summed E-state index contributed by atoms with van der Waals surface area (Å²) in [5.74, 6) is -0.723. The van der Waals surface area contributed by atoms with Gasteiger partial charge < -0.3 is 14.6 Å². The van der Waals surface area contributed by atoms with Crippen molar-refractivity contribution in [2.45, 2.75) is 19.6 Å². The standard InChI is InChI=1S/C27H20BrCl2NO5S2/c1-2-35-21-11-15(10-19(28)24(21)36-14-17-8-9-18(29)13-20(17)30)12-22-25(32)31(27(37)38-22)23(26(33)34)16-6-4-3-5-7-16/h3-13,23H,2,14H2,1H3,(H,33,34)/b22-12-. The van der Waals surface area contributed by atoms with Gasteiger partial charge >= 0.3 is 5.97 Å². The van der Waals surface area contributed by atoms with Crippen molar-refractivity contribution in [1.82, 2.24) is 4.90 Å².